The molecule has 0 N–H and O–H groups in total. The number of piperidine rings is 1. The molecule has 8 heteroatoms. The summed E-state index contributed by atoms with van der Waals surface area (Å²) >= 11 is 0. The van der Waals surface area contributed by atoms with Gasteiger partial charge >= 0.3 is 0 Å². The minimum Gasteiger partial charge on any atom is -0.496 e. The molecule has 1 saturated heterocycles. The highest BCUT2D eigenvalue weighted by Gasteiger charge is 2.44. The molecule has 3 aliphatic rings. The molecule has 1 amide bonds. The Labute approximate surface area is 237 Å². The molecule has 0 radical (unpaired) electrons. The number of hydrogen-bond donors (Lipinski definition) is 0. The molecule has 8 nitrogen and oxygen atoms in total. The van der Waals surface area contributed by atoms with E-state index in [0.29, 0.717) is 66.5 Å². The van der Waals surface area contributed by atoms with E-state index in [1.807, 2.05) is 53.6 Å². The summed E-state index contributed by atoms with van der Waals surface area (Å²) in [4.78, 5) is 48.5. The predicted octanol–water partition coefficient (Wildman–Crippen LogP) is 5.64. The number of benzene rings is 2. The third-order valence-electron chi connectivity index (χ3n) is 8.60. The minimum absolute atomic E-state index is 0.0321. The van der Waals surface area contributed by atoms with Crippen LogP contribution in [0, 0.1) is 0 Å². The number of carbonyl (C=O) groups is 3. The Bertz CT molecular complexity index is 1700. The Hall–Kier alpha value is -4.59. The Morgan fingerprint density at radius 3 is 2.54 bits per heavy atom. The van der Waals surface area contributed by atoms with Crippen LogP contribution < -0.4 is 9.47 Å². The van der Waals surface area contributed by atoms with Crippen molar-refractivity contribution in [1.29, 1.82) is 0 Å². The second-order valence-corrected chi connectivity index (χ2v) is 11.2. The summed E-state index contributed by atoms with van der Waals surface area (Å²) in [6.07, 6.45) is 7.80. The van der Waals surface area contributed by atoms with Gasteiger partial charge in [0, 0.05) is 66.1 Å². The molecule has 41 heavy (non-hydrogen) atoms. The molecule has 2 aliphatic heterocycles. The summed E-state index contributed by atoms with van der Waals surface area (Å²) in [6, 6.07) is 14.8. The molecule has 0 atom stereocenters. The molecule has 4 heterocycles. The van der Waals surface area contributed by atoms with Crippen molar-refractivity contribution < 1.29 is 23.9 Å². The van der Waals surface area contributed by atoms with Crippen LogP contribution in [0.5, 0.6) is 11.5 Å². The van der Waals surface area contributed by atoms with Crippen molar-refractivity contribution in [2.24, 2.45) is 0 Å². The molecule has 2 fully saturated rings. The maximum atomic E-state index is 13.7. The first-order valence-corrected chi connectivity index (χ1v) is 14.0. The van der Waals surface area contributed by atoms with Crippen LogP contribution in [0.1, 0.15) is 74.9 Å². The largest absolute Gasteiger partial charge is 0.496 e. The predicted molar refractivity (Wildman–Crippen MR) is 153 cm³/mol. The van der Waals surface area contributed by atoms with Crippen LogP contribution in [0.15, 0.2) is 60.9 Å². The van der Waals surface area contributed by atoms with Gasteiger partial charge in [0.15, 0.2) is 12.1 Å². The van der Waals surface area contributed by atoms with E-state index in [9.17, 15) is 14.4 Å². The van der Waals surface area contributed by atoms with Gasteiger partial charge in [-0.2, -0.15) is 0 Å². The van der Waals surface area contributed by atoms with Crippen molar-refractivity contribution in [3.8, 4) is 22.6 Å². The second kappa shape index (κ2) is 9.80. The monoisotopic (exact) mass is 547 g/mol. The number of ketones is 1. The third kappa shape index (κ3) is 4.53. The maximum Gasteiger partial charge on any atom is 0.254 e. The van der Waals surface area contributed by atoms with Crippen LogP contribution in [-0.4, -0.2) is 58.6 Å². The molecule has 1 spiro atoms. The highest BCUT2D eigenvalue weighted by molar-refractivity contribution is 6.03. The maximum absolute atomic E-state index is 13.7. The number of rotatable bonds is 5. The van der Waals surface area contributed by atoms with Gasteiger partial charge in [0.2, 0.25) is 0 Å². The number of methoxy groups -OCH3 is 1. The van der Waals surface area contributed by atoms with Crippen molar-refractivity contribution in [3.63, 3.8) is 0 Å². The molecule has 2 aromatic carbocycles. The Morgan fingerprint density at radius 2 is 1.83 bits per heavy atom. The summed E-state index contributed by atoms with van der Waals surface area (Å²) in [5.74, 6) is 1.68. The zero-order chi connectivity index (χ0) is 28.1. The molecule has 0 unspecified atom stereocenters. The van der Waals surface area contributed by atoms with Gasteiger partial charge in [0.25, 0.3) is 5.91 Å². The molecule has 1 saturated carbocycles. The lowest BCUT2D eigenvalue weighted by Gasteiger charge is -2.44. The number of aromatic nitrogens is 2. The van der Waals surface area contributed by atoms with Gasteiger partial charge < -0.3 is 14.4 Å². The van der Waals surface area contributed by atoms with Crippen molar-refractivity contribution in [3.05, 3.63) is 83.4 Å². The van der Waals surface area contributed by atoms with Gasteiger partial charge in [-0.1, -0.05) is 12.1 Å². The highest BCUT2D eigenvalue weighted by atomic mass is 16.5. The van der Waals surface area contributed by atoms with Crippen LogP contribution in [0.25, 0.3) is 21.9 Å². The van der Waals surface area contributed by atoms with Crippen LogP contribution in [-0.2, 0) is 0 Å². The van der Waals surface area contributed by atoms with Gasteiger partial charge in [-0.3, -0.25) is 24.4 Å². The number of carbonyl (C=O) groups excluding carboxylic acids is 3. The molecule has 7 rings (SSSR count). The zero-order valence-corrected chi connectivity index (χ0v) is 22.8. The van der Waals surface area contributed by atoms with Gasteiger partial charge in [0.1, 0.15) is 22.8 Å². The van der Waals surface area contributed by atoms with Gasteiger partial charge in [0.05, 0.1) is 24.8 Å². The van der Waals surface area contributed by atoms with E-state index in [1.165, 1.54) is 0 Å². The first-order chi connectivity index (χ1) is 20.0. The standard InChI is InChI=1S/C33H29N3O5/c1-40-30-16-23(15-26-25(30)8-11-34-31(26)20-2-3-20)32(39)36-12-9-33(10-13-36)17-28(38)27-14-21(5-7-29(27)41-33)22-4-6-24(19-37)35-18-22/h4-8,11,14-16,18-20H,2-3,9-10,12-13,17H2,1H3. The van der Waals surface area contributed by atoms with Crippen molar-refractivity contribution in [2.75, 3.05) is 20.2 Å². The molecule has 0 bridgehead atoms. The number of hydrogen-bond acceptors (Lipinski definition) is 7. The third-order valence-corrected chi connectivity index (χ3v) is 8.60. The number of ether oxygens (including phenoxy) is 2. The fraction of sp³-hybridized carbons (Fsp3) is 0.303. The van der Waals surface area contributed by atoms with Crippen molar-refractivity contribution in [2.45, 2.75) is 43.6 Å². The lowest BCUT2D eigenvalue weighted by Crippen LogP contribution is -2.52. The number of fused-ring (bicyclic) bond motifs is 2. The molecule has 206 valence electrons. The zero-order valence-electron chi connectivity index (χ0n) is 22.8. The summed E-state index contributed by atoms with van der Waals surface area (Å²) in [5, 5.41) is 1.96. The van der Waals surface area contributed by atoms with E-state index in [0.717, 1.165) is 40.4 Å². The summed E-state index contributed by atoms with van der Waals surface area (Å²) < 4.78 is 12.2. The van der Waals surface area contributed by atoms with Crippen LogP contribution >= 0.6 is 0 Å². The summed E-state index contributed by atoms with van der Waals surface area (Å²) in [6.45, 7) is 0.994. The van der Waals surface area contributed by atoms with E-state index in [2.05, 4.69) is 9.97 Å². The van der Waals surface area contributed by atoms with E-state index in [4.69, 9.17) is 9.47 Å². The average Bonchev–Trinajstić information content (AvgIpc) is 3.86. The molecular weight excluding hydrogens is 518 g/mol. The van der Waals surface area contributed by atoms with Crippen molar-refractivity contribution in [1.82, 2.24) is 14.9 Å². The van der Waals surface area contributed by atoms with E-state index >= 15 is 0 Å². The second-order valence-electron chi connectivity index (χ2n) is 11.2. The average molecular weight is 548 g/mol. The Balaban J connectivity index is 1.09. The Morgan fingerprint density at radius 1 is 1.02 bits per heavy atom. The van der Waals surface area contributed by atoms with E-state index in [1.54, 1.807) is 19.4 Å². The summed E-state index contributed by atoms with van der Waals surface area (Å²) in [7, 11) is 1.63. The first-order valence-electron chi connectivity index (χ1n) is 14.0. The SMILES string of the molecule is COc1cc(C(=O)N2CCC3(CC2)CC(=O)c2cc(-c4ccc(C=O)nc4)ccc2O3)cc2c(C3CC3)nccc12. The fourth-order valence-corrected chi connectivity index (χ4v) is 6.14. The number of pyridine rings is 2. The lowest BCUT2D eigenvalue weighted by molar-refractivity contribution is -0.00570. The summed E-state index contributed by atoms with van der Waals surface area (Å²) in [5.41, 5.74) is 3.58. The molecule has 1 aliphatic carbocycles. The molecule has 2 aromatic heterocycles. The number of Topliss-reactive ketones (excluding diaryl/α,β-unsaturated/α-hetero) is 1. The minimum atomic E-state index is -0.625. The van der Waals surface area contributed by atoms with Crippen LogP contribution in [0.3, 0.4) is 0 Å². The topological polar surface area (TPSA) is 98.7 Å². The first kappa shape index (κ1) is 25.4. The number of likely N-dealkylation sites (tertiary alicyclic amines) is 1. The number of amides is 1. The smallest absolute Gasteiger partial charge is 0.254 e. The van der Waals surface area contributed by atoms with E-state index in [-0.39, 0.29) is 18.1 Å². The fourth-order valence-electron chi connectivity index (χ4n) is 6.14. The van der Waals surface area contributed by atoms with Crippen molar-refractivity contribution >= 4 is 28.7 Å². The molecular formula is C33H29N3O5. The van der Waals surface area contributed by atoms with Crippen LogP contribution in [0.2, 0.25) is 0 Å². The van der Waals surface area contributed by atoms with Gasteiger partial charge in [-0.05, 0) is 54.8 Å². The highest BCUT2D eigenvalue weighted by Crippen LogP contribution is 2.44. The van der Waals surface area contributed by atoms with Gasteiger partial charge in [-0.15, -0.1) is 0 Å². The Kier molecular flexibility index (Phi) is 6.07. The number of aldehydes is 1. The quantitative estimate of drug-likeness (QED) is 0.298. The number of nitrogens with zero attached hydrogens (tertiary/aromatic N) is 3. The molecule has 4 aromatic rings. The lowest BCUT2D eigenvalue weighted by atomic mass is 9.82. The normalized spacial score (nSPS) is 17.7. The van der Waals surface area contributed by atoms with E-state index < -0.39 is 5.60 Å². The van der Waals surface area contributed by atoms with Crippen LogP contribution in [0.4, 0.5) is 0 Å². The van der Waals surface area contributed by atoms with Gasteiger partial charge in [-0.25, -0.2) is 0 Å².